The van der Waals surface area contributed by atoms with Crippen LogP contribution in [0.4, 0.5) is 0 Å². The zero-order chi connectivity index (χ0) is 19.1. The summed E-state index contributed by atoms with van der Waals surface area (Å²) in [5, 5.41) is 0. The van der Waals surface area contributed by atoms with E-state index < -0.39 is 11.9 Å². The molecule has 0 aromatic rings. The van der Waals surface area contributed by atoms with E-state index in [-0.39, 0.29) is 36.6 Å². The Kier molecular flexibility index (Phi) is 15.0. The quantitative estimate of drug-likeness (QED) is 0.337. The molecule has 8 nitrogen and oxygen atoms in total. The molecule has 0 spiro atoms. The molecule has 0 heterocycles. The van der Waals surface area contributed by atoms with Gasteiger partial charge < -0.3 is 0 Å². The SMILES string of the molecule is CCC(=O)CC(=O)OOC(C)C.CCC(=O)CC(=O)OOC(C)C. The Morgan fingerprint density at radius 2 is 0.958 bits per heavy atom. The Balaban J connectivity index is 0. The Hall–Kier alpha value is -1.80. The number of Topliss-reactive ketones (excluding diaryl/α,β-unsaturated/α-hetero) is 2. The lowest BCUT2D eigenvalue weighted by molar-refractivity contribution is -0.291. The monoisotopic (exact) mass is 348 g/mol. The highest BCUT2D eigenvalue weighted by Gasteiger charge is 2.11. The molecule has 0 aliphatic rings. The van der Waals surface area contributed by atoms with Crippen LogP contribution in [0.1, 0.15) is 67.2 Å². The molecule has 8 heteroatoms. The number of carbonyl (C=O) groups excluding carboxylic acids is 4. The van der Waals surface area contributed by atoms with E-state index in [1.165, 1.54) is 0 Å². The first kappa shape index (κ1) is 24.5. The van der Waals surface area contributed by atoms with Crippen LogP contribution in [0.15, 0.2) is 0 Å². The molecule has 24 heavy (non-hydrogen) atoms. The Labute approximate surface area is 142 Å². The molecule has 0 fully saturated rings. The number of ketones is 2. The standard InChI is InChI=1S/2C8H14O4/c2*1-4-7(9)5-8(10)12-11-6(2)3/h2*6H,4-5H2,1-3H3. The van der Waals surface area contributed by atoms with Crippen molar-refractivity contribution in [3.05, 3.63) is 0 Å². The minimum Gasteiger partial charge on any atom is -0.299 e. The molecule has 0 rings (SSSR count). The van der Waals surface area contributed by atoms with Gasteiger partial charge in [0.1, 0.15) is 24.4 Å². The molecule has 0 N–H and O–H groups in total. The fourth-order valence-corrected chi connectivity index (χ4v) is 0.931. The summed E-state index contributed by atoms with van der Waals surface area (Å²) in [4.78, 5) is 60.6. The van der Waals surface area contributed by atoms with Crippen LogP contribution < -0.4 is 0 Å². The second-order valence-electron chi connectivity index (χ2n) is 5.34. The van der Waals surface area contributed by atoms with Crippen LogP contribution in [0.3, 0.4) is 0 Å². The average molecular weight is 348 g/mol. The van der Waals surface area contributed by atoms with Crippen LogP contribution in [-0.4, -0.2) is 35.7 Å². The van der Waals surface area contributed by atoms with E-state index in [0.29, 0.717) is 12.8 Å². The van der Waals surface area contributed by atoms with Crippen molar-refractivity contribution in [2.75, 3.05) is 0 Å². The fourth-order valence-electron chi connectivity index (χ4n) is 0.931. The number of carbonyl (C=O) groups is 4. The van der Waals surface area contributed by atoms with Crippen molar-refractivity contribution in [1.82, 2.24) is 0 Å². The molecule has 0 aromatic heterocycles. The van der Waals surface area contributed by atoms with E-state index >= 15 is 0 Å². The maximum absolute atomic E-state index is 10.7. The van der Waals surface area contributed by atoms with Gasteiger partial charge in [-0.2, -0.15) is 9.78 Å². The van der Waals surface area contributed by atoms with Gasteiger partial charge in [-0.05, 0) is 27.7 Å². The van der Waals surface area contributed by atoms with E-state index in [2.05, 4.69) is 19.6 Å². The van der Waals surface area contributed by atoms with Crippen LogP contribution in [0.5, 0.6) is 0 Å². The van der Waals surface area contributed by atoms with Crippen LogP contribution >= 0.6 is 0 Å². The van der Waals surface area contributed by atoms with Crippen LogP contribution in [0.2, 0.25) is 0 Å². The third-order valence-electron chi connectivity index (χ3n) is 2.14. The molecule has 0 atom stereocenters. The second kappa shape index (κ2) is 14.8. The van der Waals surface area contributed by atoms with Crippen LogP contribution in [-0.2, 0) is 38.7 Å². The van der Waals surface area contributed by atoms with Crippen molar-refractivity contribution < 1.29 is 38.7 Å². The second-order valence-corrected chi connectivity index (χ2v) is 5.34. The van der Waals surface area contributed by atoms with E-state index in [4.69, 9.17) is 0 Å². The van der Waals surface area contributed by atoms with Crippen molar-refractivity contribution in [3.63, 3.8) is 0 Å². The zero-order valence-corrected chi connectivity index (χ0v) is 15.2. The third kappa shape index (κ3) is 18.2. The first-order valence-corrected chi connectivity index (χ1v) is 7.87. The minimum absolute atomic E-state index is 0.146. The number of hydrogen-bond donors (Lipinski definition) is 0. The van der Waals surface area contributed by atoms with Gasteiger partial charge in [-0.1, -0.05) is 13.8 Å². The highest BCUT2D eigenvalue weighted by Crippen LogP contribution is 1.96. The van der Waals surface area contributed by atoms with Crippen LogP contribution in [0, 0.1) is 0 Å². The van der Waals surface area contributed by atoms with E-state index in [0.717, 1.165) is 0 Å². The molecule has 140 valence electrons. The maximum Gasteiger partial charge on any atom is 0.349 e. The largest absolute Gasteiger partial charge is 0.349 e. The van der Waals surface area contributed by atoms with Gasteiger partial charge in [-0.3, -0.25) is 19.4 Å². The molecule has 0 bridgehead atoms. The molecule has 0 radical (unpaired) electrons. The fraction of sp³-hybridized carbons (Fsp3) is 0.750. The molecule has 0 amide bonds. The van der Waals surface area contributed by atoms with E-state index in [1.807, 2.05) is 0 Å². The summed E-state index contributed by atoms with van der Waals surface area (Å²) in [6.45, 7) is 10.3. The topological polar surface area (TPSA) is 105 Å². The predicted molar refractivity (Wildman–Crippen MR) is 84.5 cm³/mol. The van der Waals surface area contributed by atoms with Crippen molar-refractivity contribution >= 4 is 23.5 Å². The molecule has 0 saturated carbocycles. The normalized spacial score (nSPS) is 10.0. The summed E-state index contributed by atoms with van der Waals surface area (Å²) in [5.41, 5.74) is 0. The average Bonchev–Trinajstić information content (AvgIpc) is 2.51. The van der Waals surface area contributed by atoms with Crippen molar-refractivity contribution in [3.8, 4) is 0 Å². The van der Waals surface area contributed by atoms with Gasteiger partial charge in [0.05, 0.1) is 12.2 Å². The summed E-state index contributed by atoms with van der Waals surface area (Å²) in [6, 6.07) is 0. The lowest BCUT2D eigenvalue weighted by Gasteiger charge is -2.04. The Bertz CT molecular complexity index is 363. The lowest BCUT2D eigenvalue weighted by atomic mass is 10.2. The van der Waals surface area contributed by atoms with E-state index in [9.17, 15) is 19.2 Å². The summed E-state index contributed by atoms with van der Waals surface area (Å²) < 4.78 is 0. The van der Waals surface area contributed by atoms with Crippen molar-refractivity contribution in [2.24, 2.45) is 0 Å². The molecule has 0 unspecified atom stereocenters. The van der Waals surface area contributed by atoms with Crippen molar-refractivity contribution in [2.45, 2.75) is 79.4 Å². The van der Waals surface area contributed by atoms with Gasteiger partial charge in [-0.15, -0.1) is 0 Å². The Morgan fingerprint density at radius 3 is 1.17 bits per heavy atom. The molecule has 0 aliphatic heterocycles. The maximum atomic E-state index is 10.7. The van der Waals surface area contributed by atoms with Gasteiger partial charge in [0, 0.05) is 12.8 Å². The lowest BCUT2D eigenvalue weighted by Crippen LogP contribution is -2.13. The molecular weight excluding hydrogens is 320 g/mol. The zero-order valence-electron chi connectivity index (χ0n) is 15.2. The van der Waals surface area contributed by atoms with Gasteiger partial charge in [0.15, 0.2) is 0 Å². The molecule has 0 aromatic carbocycles. The summed E-state index contributed by atoms with van der Waals surface area (Å²) >= 11 is 0. The molecular formula is C16H28O8. The number of rotatable bonds is 10. The minimum atomic E-state index is -0.629. The smallest absolute Gasteiger partial charge is 0.299 e. The summed E-state index contributed by atoms with van der Waals surface area (Å²) in [5.74, 6) is -1.55. The predicted octanol–water partition coefficient (Wildman–Crippen LogP) is 2.48. The van der Waals surface area contributed by atoms with Gasteiger partial charge >= 0.3 is 11.9 Å². The number of hydrogen-bond acceptors (Lipinski definition) is 8. The van der Waals surface area contributed by atoms with Crippen LogP contribution in [0.25, 0.3) is 0 Å². The van der Waals surface area contributed by atoms with Gasteiger partial charge in [0.2, 0.25) is 0 Å². The van der Waals surface area contributed by atoms with Gasteiger partial charge in [0.25, 0.3) is 0 Å². The molecule has 0 aliphatic carbocycles. The summed E-state index contributed by atoms with van der Waals surface area (Å²) in [6.07, 6.45) is -0.0728. The van der Waals surface area contributed by atoms with E-state index in [1.54, 1.807) is 41.5 Å². The highest BCUT2D eigenvalue weighted by atomic mass is 17.2. The van der Waals surface area contributed by atoms with Gasteiger partial charge in [-0.25, -0.2) is 9.59 Å². The summed E-state index contributed by atoms with van der Waals surface area (Å²) in [7, 11) is 0. The Morgan fingerprint density at radius 1 is 0.667 bits per heavy atom. The third-order valence-corrected chi connectivity index (χ3v) is 2.14. The first-order chi connectivity index (χ1) is 11.1. The highest BCUT2D eigenvalue weighted by molar-refractivity contribution is 5.95. The van der Waals surface area contributed by atoms with Crippen molar-refractivity contribution in [1.29, 1.82) is 0 Å². The molecule has 0 saturated heterocycles. The first-order valence-electron chi connectivity index (χ1n) is 7.87.